The molecule has 2 aliphatic rings. The maximum Gasteiger partial charge on any atom is 0.243 e. The third kappa shape index (κ3) is 3.09. The molecule has 0 aromatic carbocycles. The van der Waals surface area contributed by atoms with Crippen LogP contribution in [-0.2, 0) is 9.53 Å². The third-order valence-electron chi connectivity index (χ3n) is 4.15. The number of aliphatic hydroxyl groups is 1. The Morgan fingerprint density at radius 1 is 1.53 bits per heavy atom. The number of ether oxygens (including phenoxy) is 1. The van der Waals surface area contributed by atoms with Gasteiger partial charge in [-0.2, -0.15) is 0 Å². The van der Waals surface area contributed by atoms with E-state index in [4.69, 9.17) is 4.74 Å². The highest BCUT2D eigenvalue weighted by atomic mass is 16.5. The van der Waals surface area contributed by atoms with Crippen molar-refractivity contribution in [2.45, 2.75) is 57.3 Å². The monoisotopic (exact) mass is 270 g/mol. The van der Waals surface area contributed by atoms with Gasteiger partial charge in [-0.05, 0) is 32.7 Å². The van der Waals surface area contributed by atoms with Gasteiger partial charge in [0.2, 0.25) is 5.91 Å². The Hall–Kier alpha value is -0.650. The molecule has 0 radical (unpaired) electrons. The number of nitrogens with one attached hydrogen (secondary N) is 1. The van der Waals surface area contributed by atoms with Crippen LogP contribution in [0.4, 0.5) is 0 Å². The summed E-state index contributed by atoms with van der Waals surface area (Å²) in [5.74, 6) is 0.195. The van der Waals surface area contributed by atoms with Crippen LogP contribution in [0.15, 0.2) is 0 Å². The minimum absolute atomic E-state index is 0.00469. The van der Waals surface area contributed by atoms with Crippen LogP contribution in [-0.4, -0.2) is 59.9 Å². The van der Waals surface area contributed by atoms with Gasteiger partial charge in [0.15, 0.2) is 0 Å². The minimum Gasteiger partial charge on any atom is -0.394 e. The normalized spacial score (nSPS) is 35.6. The maximum absolute atomic E-state index is 12.8. The lowest BCUT2D eigenvalue weighted by Crippen LogP contribution is -2.60. The molecule has 19 heavy (non-hydrogen) atoms. The Bertz CT molecular complexity index is 316. The number of aliphatic hydroxyl groups excluding tert-OH is 1. The Morgan fingerprint density at radius 3 is 2.89 bits per heavy atom. The summed E-state index contributed by atoms with van der Waals surface area (Å²) in [6.45, 7) is 6.11. The van der Waals surface area contributed by atoms with E-state index in [9.17, 15) is 9.90 Å². The van der Waals surface area contributed by atoms with E-state index in [0.29, 0.717) is 13.1 Å². The summed E-state index contributed by atoms with van der Waals surface area (Å²) < 4.78 is 5.61. The molecule has 1 amide bonds. The van der Waals surface area contributed by atoms with Crippen LogP contribution in [0.25, 0.3) is 0 Å². The van der Waals surface area contributed by atoms with Crippen molar-refractivity contribution in [1.29, 1.82) is 0 Å². The Balaban J connectivity index is 2.08. The predicted octanol–water partition coefficient (Wildman–Crippen LogP) is 0.517. The van der Waals surface area contributed by atoms with Crippen LogP contribution in [0.2, 0.25) is 0 Å². The van der Waals surface area contributed by atoms with Gasteiger partial charge in [0.25, 0.3) is 0 Å². The number of amides is 1. The first kappa shape index (κ1) is 14.8. The summed E-state index contributed by atoms with van der Waals surface area (Å²) in [5.41, 5.74) is -0.369. The Kier molecular flexibility index (Phi) is 4.81. The fraction of sp³-hybridized carbons (Fsp3) is 0.929. The summed E-state index contributed by atoms with van der Waals surface area (Å²) in [6, 6.07) is 0. The molecule has 2 N–H and O–H groups in total. The predicted molar refractivity (Wildman–Crippen MR) is 72.9 cm³/mol. The van der Waals surface area contributed by atoms with Crippen LogP contribution in [0.3, 0.4) is 0 Å². The topological polar surface area (TPSA) is 61.8 Å². The first-order valence-electron chi connectivity index (χ1n) is 7.42. The molecule has 3 atom stereocenters. The zero-order valence-corrected chi connectivity index (χ0v) is 12.0. The molecule has 2 fully saturated rings. The quantitative estimate of drug-likeness (QED) is 0.782. The van der Waals surface area contributed by atoms with Crippen LogP contribution in [0, 0.1) is 0 Å². The molecule has 5 nitrogen and oxygen atoms in total. The second kappa shape index (κ2) is 6.20. The smallest absolute Gasteiger partial charge is 0.243 e. The first-order valence-corrected chi connectivity index (χ1v) is 7.42. The van der Waals surface area contributed by atoms with Gasteiger partial charge in [0.1, 0.15) is 0 Å². The first-order chi connectivity index (χ1) is 9.11. The Morgan fingerprint density at radius 2 is 2.32 bits per heavy atom. The van der Waals surface area contributed by atoms with Crippen molar-refractivity contribution in [2.75, 3.05) is 26.2 Å². The number of hydrogen-bond donors (Lipinski definition) is 2. The number of hydrogen-bond acceptors (Lipinski definition) is 4. The second-order valence-corrected chi connectivity index (χ2v) is 5.82. The summed E-state index contributed by atoms with van der Waals surface area (Å²) in [5, 5.41) is 12.7. The number of carbonyl (C=O) groups is 1. The van der Waals surface area contributed by atoms with E-state index >= 15 is 0 Å². The lowest BCUT2D eigenvalue weighted by Gasteiger charge is -2.41. The van der Waals surface area contributed by atoms with Crippen LogP contribution in [0.1, 0.15) is 39.5 Å². The largest absolute Gasteiger partial charge is 0.394 e. The molecule has 110 valence electrons. The number of morpholine rings is 1. The molecule has 3 unspecified atom stereocenters. The van der Waals surface area contributed by atoms with Crippen molar-refractivity contribution in [3.05, 3.63) is 0 Å². The van der Waals surface area contributed by atoms with Crippen molar-refractivity contribution >= 4 is 5.91 Å². The molecule has 2 heterocycles. The minimum atomic E-state index is -0.369. The molecule has 2 aliphatic heterocycles. The fourth-order valence-corrected chi connectivity index (χ4v) is 3.35. The molecular formula is C14H26N2O3. The molecule has 5 heteroatoms. The second-order valence-electron chi connectivity index (χ2n) is 5.82. The summed E-state index contributed by atoms with van der Waals surface area (Å²) >= 11 is 0. The SMILES string of the molecule is CCCC1(C(=O)N2CC(C)OC(CO)C2)CCCN1. The van der Waals surface area contributed by atoms with E-state index < -0.39 is 0 Å². The number of rotatable bonds is 4. The molecule has 2 rings (SSSR count). The summed E-state index contributed by atoms with van der Waals surface area (Å²) in [6.07, 6.45) is 3.64. The molecule has 0 aromatic rings. The van der Waals surface area contributed by atoms with Gasteiger partial charge in [0, 0.05) is 13.1 Å². The lowest BCUT2D eigenvalue weighted by atomic mass is 9.89. The van der Waals surface area contributed by atoms with Gasteiger partial charge < -0.3 is 20.1 Å². The van der Waals surface area contributed by atoms with Gasteiger partial charge in [-0.25, -0.2) is 0 Å². The zero-order chi connectivity index (χ0) is 13.9. The van der Waals surface area contributed by atoms with Gasteiger partial charge in [-0.1, -0.05) is 13.3 Å². The van der Waals surface area contributed by atoms with Gasteiger partial charge in [0.05, 0.1) is 24.4 Å². The number of nitrogens with zero attached hydrogens (tertiary/aromatic N) is 1. The van der Waals surface area contributed by atoms with Crippen molar-refractivity contribution in [1.82, 2.24) is 10.2 Å². The highest BCUT2D eigenvalue weighted by Crippen LogP contribution is 2.28. The fourth-order valence-electron chi connectivity index (χ4n) is 3.35. The molecule has 0 bridgehead atoms. The van der Waals surface area contributed by atoms with E-state index in [-0.39, 0.29) is 30.3 Å². The van der Waals surface area contributed by atoms with E-state index in [1.54, 1.807) is 0 Å². The standard InChI is InChI=1S/C14H26N2O3/c1-3-5-14(6-4-7-15-14)13(18)16-8-11(2)19-12(9-16)10-17/h11-12,15,17H,3-10H2,1-2H3. The maximum atomic E-state index is 12.8. The van der Waals surface area contributed by atoms with Crippen LogP contribution >= 0.6 is 0 Å². The summed E-state index contributed by atoms with van der Waals surface area (Å²) in [7, 11) is 0. The molecule has 0 saturated carbocycles. The van der Waals surface area contributed by atoms with Gasteiger partial charge >= 0.3 is 0 Å². The molecule has 0 aromatic heterocycles. The zero-order valence-electron chi connectivity index (χ0n) is 12.0. The lowest BCUT2D eigenvalue weighted by molar-refractivity contribution is -0.153. The average molecular weight is 270 g/mol. The third-order valence-corrected chi connectivity index (χ3v) is 4.15. The molecule has 0 aliphatic carbocycles. The van der Waals surface area contributed by atoms with Gasteiger partial charge in [-0.3, -0.25) is 4.79 Å². The van der Waals surface area contributed by atoms with Crippen LogP contribution in [0.5, 0.6) is 0 Å². The molecular weight excluding hydrogens is 244 g/mol. The number of carbonyl (C=O) groups excluding carboxylic acids is 1. The average Bonchev–Trinajstić information content (AvgIpc) is 2.87. The van der Waals surface area contributed by atoms with Gasteiger partial charge in [-0.15, -0.1) is 0 Å². The van der Waals surface area contributed by atoms with E-state index in [1.165, 1.54) is 0 Å². The highest BCUT2D eigenvalue weighted by Gasteiger charge is 2.44. The summed E-state index contributed by atoms with van der Waals surface area (Å²) in [4.78, 5) is 14.7. The van der Waals surface area contributed by atoms with Crippen LogP contribution < -0.4 is 5.32 Å². The van der Waals surface area contributed by atoms with Crippen molar-refractivity contribution < 1.29 is 14.6 Å². The Labute approximate surface area is 115 Å². The molecule has 2 saturated heterocycles. The van der Waals surface area contributed by atoms with Crippen molar-refractivity contribution in [3.8, 4) is 0 Å². The van der Waals surface area contributed by atoms with E-state index in [0.717, 1.165) is 32.2 Å². The van der Waals surface area contributed by atoms with E-state index in [2.05, 4.69) is 12.2 Å². The van der Waals surface area contributed by atoms with Crippen molar-refractivity contribution in [3.63, 3.8) is 0 Å². The van der Waals surface area contributed by atoms with E-state index in [1.807, 2.05) is 11.8 Å². The van der Waals surface area contributed by atoms with Crippen molar-refractivity contribution in [2.24, 2.45) is 0 Å². The highest BCUT2D eigenvalue weighted by molar-refractivity contribution is 5.87. The molecule has 0 spiro atoms.